The second kappa shape index (κ2) is 12.9. The minimum absolute atomic E-state index is 0.0545. The van der Waals surface area contributed by atoms with Gasteiger partial charge in [0, 0.05) is 46.1 Å². The molecule has 0 aromatic rings. The highest BCUT2D eigenvalue weighted by atomic mass is 19.1. The van der Waals surface area contributed by atoms with Crippen LogP contribution in [0.4, 0.5) is 4.39 Å². The number of amides is 4. The van der Waals surface area contributed by atoms with Crippen molar-refractivity contribution in [1.82, 2.24) is 30.5 Å². The summed E-state index contributed by atoms with van der Waals surface area (Å²) in [4.78, 5) is 56.2. The van der Waals surface area contributed by atoms with Crippen LogP contribution < -0.4 is 10.7 Å². The number of carbonyl (C=O) groups is 4. The average molecular weight is 537 g/mol. The molecule has 0 bridgehead atoms. The Labute approximate surface area is 226 Å². The number of likely N-dealkylation sites (tertiary alicyclic amines) is 1. The molecule has 2 N–H and O–H groups in total. The van der Waals surface area contributed by atoms with Crippen LogP contribution in [0.15, 0.2) is 0 Å². The molecule has 2 atom stereocenters. The van der Waals surface area contributed by atoms with Gasteiger partial charge in [0.25, 0.3) is 17.7 Å². The van der Waals surface area contributed by atoms with Crippen molar-refractivity contribution in [3.8, 4) is 11.8 Å². The maximum absolute atomic E-state index is 15.9. The third-order valence-electron chi connectivity index (χ3n) is 7.56. The molecule has 214 valence electrons. The first-order valence-electron chi connectivity index (χ1n) is 13.4. The molecular formula is C27H45FN6O4. The van der Waals surface area contributed by atoms with E-state index in [1.807, 2.05) is 32.8 Å². The Hall–Kier alpha value is -2.71. The number of rotatable bonds is 7. The van der Waals surface area contributed by atoms with Crippen molar-refractivity contribution in [1.29, 1.82) is 0 Å². The molecule has 11 heteroatoms. The fourth-order valence-electron chi connectivity index (χ4n) is 4.51. The zero-order valence-electron chi connectivity index (χ0n) is 24.2. The van der Waals surface area contributed by atoms with Gasteiger partial charge in [0.15, 0.2) is 5.67 Å². The monoisotopic (exact) mass is 536 g/mol. The lowest BCUT2D eigenvalue weighted by Gasteiger charge is -2.39. The molecule has 0 spiro atoms. The molecule has 2 rings (SSSR count). The average Bonchev–Trinajstić information content (AvgIpc) is 2.86. The number of likely N-dealkylation sites (N-methyl/N-ethyl adjacent to an activating group) is 1. The molecular weight excluding hydrogens is 491 g/mol. The number of hydrogen-bond donors (Lipinski definition) is 2. The van der Waals surface area contributed by atoms with Gasteiger partial charge in [-0.3, -0.25) is 29.1 Å². The van der Waals surface area contributed by atoms with Gasteiger partial charge in [0.2, 0.25) is 5.91 Å². The van der Waals surface area contributed by atoms with Crippen LogP contribution in [-0.4, -0.2) is 114 Å². The van der Waals surface area contributed by atoms with Crippen LogP contribution in [0.1, 0.15) is 60.3 Å². The summed E-state index contributed by atoms with van der Waals surface area (Å²) in [5.74, 6) is 3.30. The molecule has 4 amide bonds. The first kappa shape index (κ1) is 31.5. The van der Waals surface area contributed by atoms with Crippen molar-refractivity contribution in [3.63, 3.8) is 0 Å². The predicted molar refractivity (Wildman–Crippen MR) is 143 cm³/mol. The molecule has 2 aliphatic rings. The van der Waals surface area contributed by atoms with Gasteiger partial charge in [-0.1, -0.05) is 19.8 Å². The quantitative estimate of drug-likeness (QED) is 0.466. The van der Waals surface area contributed by atoms with Gasteiger partial charge >= 0.3 is 0 Å². The Morgan fingerprint density at radius 3 is 2.13 bits per heavy atom. The normalized spacial score (nSPS) is 19.3. The lowest BCUT2D eigenvalue weighted by molar-refractivity contribution is -0.154. The second-order valence-electron chi connectivity index (χ2n) is 11.4. The van der Waals surface area contributed by atoms with Crippen LogP contribution in [0.2, 0.25) is 0 Å². The van der Waals surface area contributed by atoms with Crippen LogP contribution >= 0.6 is 0 Å². The maximum Gasteiger partial charge on any atom is 0.298 e. The van der Waals surface area contributed by atoms with Gasteiger partial charge in [-0.2, -0.15) is 0 Å². The Kier molecular flexibility index (Phi) is 10.7. The van der Waals surface area contributed by atoms with E-state index in [0.29, 0.717) is 13.1 Å². The number of piperidine rings is 1. The molecule has 0 aliphatic carbocycles. The van der Waals surface area contributed by atoms with Gasteiger partial charge in [0.05, 0.1) is 5.54 Å². The number of hydrogen-bond acceptors (Lipinski definition) is 6. The van der Waals surface area contributed by atoms with Gasteiger partial charge in [-0.25, -0.2) is 9.82 Å². The van der Waals surface area contributed by atoms with E-state index in [-0.39, 0.29) is 37.8 Å². The zero-order chi connectivity index (χ0) is 28.8. The summed E-state index contributed by atoms with van der Waals surface area (Å²) in [5.41, 5.74) is 0.332. The Balaban J connectivity index is 2.03. The number of nitrogens with one attached hydrogen (secondary N) is 2. The summed E-state index contributed by atoms with van der Waals surface area (Å²) in [6.45, 7) is 10.3. The largest absolute Gasteiger partial charge is 0.343 e. The third kappa shape index (κ3) is 7.67. The standard InChI is InChI=1S/C27H45FN6O4/c1-19(2)22(23(36)30-20(3)24(37)34-16-10-9-15-29-34)32(8)25(38)27(28)13-17-33(18-14-27)21(35)11-12-26(4,5)31(6)7/h19-20,22,29H,9-10,13-18H2,1-8H3,(H,30,36). The lowest BCUT2D eigenvalue weighted by Crippen LogP contribution is -2.60. The summed E-state index contributed by atoms with van der Waals surface area (Å²) in [6.07, 6.45) is 1.50. The fourth-order valence-corrected chi connectivity index (χ4v) is 4.51. The molecule has 38 heavy (non-hydrogen) atoms. The summed E-state index contributed by atoms with van der Waals surface area (Å²) < 4.78 is 15.9. The predicted octanol–water partition coefficient (Wildman–Crippen LogP) is 0.775. The minimum atomic E-state index is -2.20. The van der Waals surface area contributed by atoms with E-state index in [1.165, 1.54) is 17.0 Å². The zero-order valence-corrected chi connectivity index (χ0v) is 24.2. The van der Waals surface area contributed by atoms with Crippen LogP contribution in [0.5, 0.6) is 0 Å². The van der Waals surface area contributed by atoms with Crippen LogP contribution in [-0.2, 0) is 19.2 Å². The number of halogens is 1. The topological polar surface area (TPSA) is 105 Å². The third-order valence-corrected chi connectivity index (χ3v) is 7.56. The first-order valence-corrected chi connectivity index (χ1v) is 13.4. The van der Waals surface area contributed by atoms with Crippen LogP contribution in [0.3, 0.4) is 0 Å². The van der Waals surface area contributed by atoms with Gasteiger partial charge in [-0.15, -0.1) is 0 Å². The van der Waals surface area contributed by atoms with E-state index >= 15 is 4.39 Å². The van der Waals surface area contributed by atoms with E-state index in [0.717, 1.165) is 17.7 Å². The van der Waals surface area contributed by atoms with Crippen molar-refractivity contribution in [2.75, 3.05) is 47.3 Å². The van der Waals surface area contributed by atoms with E-state index in [9.17, 15) is 19.2 Å². The SMILES string of the molecule is CC(NC(=O)C(C(C)C)N(C)C(=O)C1(F)CCN(C(=O)C#CC(C)(C)N(C)C)CC1)C(=O)N1CCCCN1. The first-order chi connectivity index (χ1) is 17.6. The van der Waals surface area contributed by atoms with Crippen molar-refractivity contribution in [2.45, 2.75) is 83.6 Å². The minimum Gasteiger partial charge on any atom is -0.343 e. The summed E-state index contributed by atoms with van der Waals surface area (Å²) in [6, 6.07) is -1.76. The fraction of sp³-hybridized carbons (Fsp3) is 0.778. The lowest BCUT2D eigenvalue weighted by atomic mass is 9.90. The van der Waals surface area contributed by atoms with Crippen LogP contribution in [0.25, 0.3) is 0 Å². The Morgan fingerprint density at radius 1 is 1.03 bits per heavy atom. The van der Waals surface area contributed by atoms with Gasteiger partial charge in [0.1, 0.15) is 12.1 Å². The van der Waals surface area contributed by atoms with E-state index < -0.39 is 41.0 Å². The summed E-state index contributed by atoms with van der Waals surface area (Å²) >= 11 is 0. The number of hydrazine groups is 1. The molecule has 2 saturated heterocycles. The molecule has 2 heterocycles. The van der Waals surface area contributed by atoms with E-state index in [2.05, 4.69) is 22.6 Å². The molecule has 2 aliphatic heterocycles. The van der Waals surface area contributed by atoms with Crippen molar-refractivity contribution in [3.05, 3.63) is 0 Å². The van der Waals surface area contributed by atoms with Gasteiger partial charge < -0.3 is 15.1 Å². The maximum atomic E-state index is 15.9. The highest BCUT2D eigenvalue weighted by Crippen LogP contribution is 2.30. The molecule has 2 unspecified atom stereocenters. The molecule has 0 aromatic heterocycles. The smallest absolute Gasteiger partial charge is 0.298 e. The van der Waals surface area contributed by atoms with Crippen molar-refractivity contribution < 1.29 is 23.6 Å². The number of carbonyl (C=O) groups excluding carboxylic acids is 4. The molecule has 0 saturated carbocycles. The molecule has 10 nitrogen and oxygen atoms in total. The summed E-state index contributed by atoms with van der Waals surface area (Å²) in [5, 5.41) is 4.21. The highest BCUT2D eigenvalue weighted by Gasteiger charge is 2.47. The Morgan fingerprint density at radius 2 is 1.63 bits per heavy atom. The molecule has 0 aromatic carbocycles. The molecule has 2 fully saturated rings. The van der Waals surface area contributed by atoms with E-state index in [4.69, 9.17) is 0 Å². The summed E-state index contributed by atoms with van der Waals surface area (Å²) in [7, 11) is 5.16. The van der Waals surface area contributed by atoms with Crippen molar-refractivity contribution >= 4 is 23.6 Å². The van der Waals surface area contributed by atoms with Crippen LogP contribution in [0, 0.1) is 17.8 Å². The second-order valence-corrected chi connectivity index (χ2v) is 11.4. The molecule has 0 radical (unpaired) electrons. The van der Waals surface area contributed by atoms with Crippen molar-refractivity contribution in [2.24, 2.45) is 5.92 Å². The highest BCUT2D eigenvalue weighted by molar-refractivity contribution is 5.95. The number of alkyl halides is 1. The van der Waals surface area contributed by atoms with E-state index in [1.54, 1.807) is 20.8 Å². The van der Waals surface area contributed by atoms with Gasteiger partial charge in [-0.05, 0) is 59.5 Å². The Bertz CT molecular complexity index is 943. The number of nitrogens with zero attached hydrogens (tertiary/aromatic N) is 4.